The fourth-order valence-electron chi connectivity index (χ4n) is 9.11. The number of thiophene rings is 1. The molecule has 0 nitrogen and oxygen atoms in total. The third-order valence-electron chi connectivity index (χ3n) is 12.0. The average molecular weight is 672 g/mol. The molecular weight excluding hydrogens is 639 g/mol. The van der Waals surface area contributed by atoms with E-state index < -0.39 is 0 Å². The minimum absolute atomic E-state index is 1.28. The van der Waals surface area contributed by atoms with Gasteiger partial charge in [0.2, 0.25) is 0 Å². The molecule has 10 aromatic rings. The molecular formula is C46H33B5S. The van der Waals surface area contributed by atoms with Gasteiger partial charge in [-0.15, -0.1) is 27.7 Å². The van der Waals surface area contributed by atoms with Crippen LogP contribution >= 0.6 is 11.3 Å². The second kappa shape index (κ2) is 11.8. The van der Waals surface area contributed by atoms with Crippen molar-refractivity contribution in [2.24, 2.45) is 0 Å². The van der Waals surface area contributed by atoms with Crippen molar-refractivity contribution in [3.05, 3.63) is 140 Å². The first-order valence-corrected chi connectivity index (χ1v) is 19.1. The number of benzene rings is 9. The van der Waals surface area contributed by atoms with Crippen LogP contribution in [0.2, 0.25) is 0 Å². The van der Waals surface area contributed by atoms with Gasteiger partial charge in [-0.2, -0.15) is 0 Å². The summed E-state index contributed by atoms with van der Waals surface area (Å²) in [5.74, 6) is 0. The summed E-state index contributed by atoms with van der Waals surface area (Å²) in [6.07, 6.45) is 0. The summed E-state index contributed by atoms with van der Waals surface area (Å²) >= 11 is 1.93. The van der Waals surface area contributed by atoms with Crippen LogP contribution < -0.4 is 27.3 Å². The molecule has 0 fully saturated rings. The number of hydrogen-bond acceptors (Lipinski definition) is 1. The van der Waals surface area contributed by atoms with Gasteiger partial charge >= 0.3 is 0 Å². The summed E-state index contributed by atoms with van der Waals surface area (Å²) in [4.78, 5) is 0. The maximum atomic E-state index is 2.40. The van der Waals surface area contributed by atoms with Crippen molar-refractivity contribution < 1.29 is 0 Å². The molecule has 0 aliphatic heterocycles. The fraction of sp³-hybridized carbons (Fsp3) is 0. The zero-order valence-electron chi connectivity index (χ0n) is 30.2. The fourth-order valence-corrected chi connectivity index (χ4v) is 10.4. The third-order valence-corrected chi connectivity index (χ3v) is 13.2. The van der Waals surface area contributed by atoms with Gasteiger partial charge in [-0.1, -0.05) is 138 Å². The molecule has 1 heterocycles. The molecule has 0 amide bonds. The molecule has 0 aliphatic rings. The van der Waals surface area contributed by atoms with Gasteiger partial charge in [0, 0.05) is 25.7 Å². The van der Waals surface area contributed by atoms with E-state index in [1.807, 2.05) is 11.3 Å². The number of fused-ring (bicyclic) bond motifs is 8. The van der Waals surface area contributed by atoms with Gasteiger partial charge < -0.3 is 0 Å². The number of hydrogen-bond donors (Lipinski definition) is 0. The van der Waals surface area contributed by atoms with E-state index in [-0.39, 0.29) is 0 Å². The molecule has 0 unspecified atom stereocenters. The van der Waals surface area contributed by atoms with Gasteiger partial charge in [0.15, 0.2) is 0 Å². The first-order valence-electron chi connectivity index (χ1n) is 18.3. The molecule has 10 rings (SSSR count). The van der Waals surface area contributed by atoms with E-state index in [0.29, 0.717) is 0 Å². The first kappa shape index (κ1) is 31.3. The van der Waals surface area contributed by atoms with Crippen molar-refractivity contribution in [3.8, 4) is 33.4 Å². The zero-order valence-corrected chi connectivity index (χ0v) is 31.0. The molecule has 0 N–H and O–H groups in total. The molecule has 6 heteroatoms. The summed E-state index contributed by atoms with van der Waals surface area (Å²) in [6, 6.07) is 52.2. The van der Waals surface area contributed by atoms with E-state index in [0.717, 1.165) is 0 Å². The Kier molecular flexibility index (Phi) is 7.11. The van der Waals surface area contributed by atoms with Crippen LogP contribution in [0.25, 0.3) is 96.6 Å². The molecule has 0 spiro atoms. The highest BCUT2D eigenvalue weighted by Gasteiger charge is 2.23. The first-order chi connectivity index (χ1) is 25.4. The molecule has 0 saturated carbocycles. The Morgan fingerprint density at radius 3 is 1.46 bits per heavy atom. The lowest BCUT2D eigenvalue weighted by atomic mass is 9.59. The van der Waals surface area contributed by atoms with Crippen LogP contribution in [0.15, 0.2) is 140 Å². The van der Waals surface area contributed by atoms with Crippen LogP contribution in [0, 0.1) is 0 Å². The molecule has 0 atom stereocenters. The van der Waals surface area contributed by atoms with Gasteiger partial charge in [0.05, 0.1) is 0 Å². The van der Waals surface area contributed by atoms with Crippen LogP contribution in [0.4, 0.5) is 0 Å². The van der Waals surface area contributed by atoms with Crippen LogP contribution in [0.5, 0.6) is 0 Å². The molecule has 52 heavy (non-hydrogen) atoms. The van der Waals surface area contributed by atoms with Crippen molar-refractivity contribution in [3.63, 3.8) is 0 Å². The Bertz CT molecular complexity index is 3050. The third kappa shape index (κ3) is 4.41. The SMILES string of the molecule is Bc1c(B)c(B)c(-c2c3ccccc3c(-c3cccc4sc5c(-c6cc7ccccc7c7ccccc67)cccc5c34)c3ccccc23)c(B)c1B. The molecule has 0 aliphatic carbocycles. The van der Waals surface area contributed by atoms with Crippen molar-refractivity contribution in [1.82, 2.24) is 0 Å². The molecule has 0 saturated heterocycles. The lowest BCUT2D eigenvalue weighted by Gasteiger charge is -2.24. The smallest absolute Gasteiger partial charge is 0.135 e. The summed E-state index contributed by atoms with van der Waals surface area (Å²) in [6.45, 7) is 0. The molecule has 1 aromatic heterocycles. The van der Waals surface area contributed by atoms with Crippen molar-refractivity contribution in [2.45, 2.75) is 0 Å². The summed E-state index contributed by atoms with van der Waals surface area (Å²) in [5.41, 5.74) is 14.9. The van der Waals surface area contributed by atoms with Gasteiger partial charge in [-0.05, 0) is 83.0 Å². The van der Waals surface area contributed by atoms with Gasteiger partial charge in [-0.3, -0.25) is 0 Å². The summed E-state index contributed by atoms with van der Waals surface area (Å²) < 4.78 is 2.66. The minimum atomic E-state index is 1.28. The molecule has 9 aromatic carbocycles. The van der Waals surface area contributed by atoms with E-state index in [9.17, 15) is 0 Å². The Labute approximate surface area is 312 Å². The van der Waals surface area contributed by atoms with E-state index in [4.69, 9.17) is 0 Å². The maximum Gasteiger partial charge on any atom is 0.139 e. The van der Waals surface area contributed by atoms with Crippen molar-refractivity contribution >= 4 is 141 Å². The second-order valence-electron chi connectivity index (χ2n) is 14.5. The highest BCUT2D eigenvalue weighted by molar-refractivity contribution is 7.26. The topological polar surface area (TPSA) is 0 Å². The normalized spacial score (nSPS) is 11.8. The van der Waals surface area contributed by atoms with Gasteiger partial charge in [-0.25, -0.2) is 0 Å². The highest BCUT2D eigenvalue weighted by atomic mass is 32.1. The van der Waals surface area contributed by atoms with Crippen molar-refractivity contribution in [2.75, 3.05) is 0 Å². The van der Waals surface area contributed by atoms with E-state index in [1.165, 1.54) is 124 Å². The maximum absolute atomic E-state index is 2.40. The van der Waals surface area contributed by atoms with Gasteiger partial charge in [0.1, 0.15) is 39.2 Å². The zero-order chi connectivity index (χ0) is 35.2. The Morgan fingerprint density at radius 2 is 0.808 bits per heavy atom. The highest BCUT2D eigenvalue weighted by Crippen LogP contribution is 2.49. The standard InChI is InChI=1S/C46H33B5S/c47-41-40(42(48)44(50)45(51)43(41)49)39-30-17-7-5-15-28(30)37(29-16-6-8-18-31(29)39)33-20-10-22-36-38(33)34-21-9-19-32(46(34)52-36)35-23-24-11-1-2-12-25(24)26-13-3-4-14-27(26)35/h1-23H,47-51H2. The van der Waals surface area contributed by atoms with E-state index in [1.54, 1.807) is 0 Å². The summed E-state index contributed by atoms with van der Waals surface area (Å²) in [7, 11) is 11.5. The Balaban J connectivity index is 1.31. The Morgan fingerprint density at radius 1 is 0.327 bits per heavy atom. The van der Waals surface area contributed by atoms with Crippen LogP contribution in [-0.4, -0.2) is 39.2 Å². The molecule has 0 bridgehead atoms. The molecule has 0 radical (unpaired) electrons. The van der Waals surface area contributed by atoms with Crippen LogP contribution in [-0.2, 0) is 0 Å². The predicted molar refractivity (Wildman–Crippen MR) is 247 cm³/mol. The van der Waals surface area contributed by atoms with Crippen LogP contribution in [0.1, 0.15) is 0 Å². The summed E-state index contributed by atoms with van der Waals surface area (Å²) in [5, 5.41) is 13.1. The minimum Gasteiger partial charge on any atom is -0.135 e. The lowest BCUT2D eigenvalue weighted by Crippen LogP contribution is -2.55. The number of rotatable bonds is 3. The predicted octanol–water partition coefficient (Wildman–Crippen LogP) is 4.96. The quantitative estimate of drug-likeness (QED) is 0.142. The Hall–Kier alpha value is -5.44. The van der Waals surface area contributed by atoms with E-state index in [2.05, 4.69) is 179 Å². The second-order valence-corrected chi connectivity index (χ2v) is 15.5. The largest absolute Gasteiger partial charge is 0.139 e. The van der Waals surface area contributed by atoms with E-state index >= 15 is 0 Å². The lowest BCUT2D eigenvalue weighted by molar-refractivity contribution is 1.72. The van der Waals surface area contributed by atoms with Gasteiger partial charge in [0.25, 0.3) is 0 Å². The monoisotopic (exact) mass is 672 g/mol. The average Bonchev–Trinajstić information content (AvgIpc) is 3.58. The van der Waals surface area contributed by atoms with Crippen molar-refractivity contribution in [1.29, 1.82) is 0 Å². The van der Waals surface area contributed by atoms with Crippen LogP contribution in [0.3, 0.4) is 0 Å². The molecule has 238 valence electrons.